The van der Waals surface area contributed by atoms with E-state index in [9.17, 15) is 13.2 Å². The van der Waals surface area contributed by atoms with Crippen molar-refractivity contribution in [1.29, 1.82) is 0 Å². The Kier molecular flexibility index (Phi) is 3.27. The van der Waals surface area contributed by atoms with Crippen LogP contribution in [0.25, 0.3) is 0 Å². The minimum absolute atomic E-state index is 0.0894. The van der Waals surface area contributed by atoms with E-state index in [2.05, 4.69) is 4.98 Å². The van der Waals surface area contributed by atoms with Crippen LogP contribution in [0.15, 0.2) is 34.9 Å². The van der Waals surface area contributed by atoms with Gasteiger partial charge in [0.1, 0.15) is 12.4 Å². The smallest absolute Gasteiger partial charge is 0.419 e. The first kappa shape index (κ1) is 12.5. The summed E-state index contributed by atoms with van der Waals surface area (Å²) in [5.41, 5.74) is -0.804. The van der Waals surface area contributed by atoms with Crippen LogP contribution in [0.5, 0.6) is 5.75 Å². The first-order valence-electron chi connectivity index (χ1n) is 5.17. The lowest BCUT2D eigenvalue weighted by atomic mass is 10.2. The lowest BCUT2D eigenvalue weighted by Gasteiger charge is -2.12. The zero-order valence-corrected chi connectivity index (χ0v) is 9.49. The molecule has 0 saturated carbocycles. The lowest BCUT2D eigenvalue weighted by molar-refractivity contribution is -0.139. The molecule has 0 saturated heterocycles. The van der Waals surface area contributed by atoms with Crippen molar-refractivity contribution >= 4 is 0 Å². The second-order valence-corrected chi connectivity index (χ2v) is 3.63. The van der Waals surface area contributed by atoms with E-state index in [1.54, 1.807) is 6.92 Å². The Hall–Kier alpha value is -1.98. The number of benzene rings is 1. The van der Waals surface area contributed by atoms with Crippen LogP contribution in [0.4, 0.5) is 13.2 Å². The van der Waals surface area contributed by atoms with Gasteiger partial charge in [0.25, 0.3) is 0 Å². The third-order valence-electron chi connectivity index (χ3n) is 2.23. The number of oxazole rings is 1. The van der Waals surface area contributed by atoms with E-state index in [1.807, 2.05) is 0 Å². The number of aromatic nitrogens is 1. The molecular formula is C12H10F3NO2. The van der Waals surface area contributed by atoms with Crippen molar-refractivity contribution in [2.75, 3.05) is 0 Å². The molecule has 18 heavy (non-hydrogen) atoms. The Morgan fingerprint density at radius 2 is 2.00 bits per heavy atom. The maximum Gasteiger partial charge on any atom is 0.419 e. The van der Waals surface area contributed by atoms with Gasteiger partial charge in [-0.2, -0.15) is 13.2 Å². The molecule has 1 aromatic carbocycles. The van der Waals surface area contributed by atoms with Crippen LogP contribution in [0.2, 0.25) is 0 Å². The van der Waals surface area contributed by atoms with Gasteiger partial charge in [-0.15, -0.1) is 0 Å². The third-order valence-corrected chi connectivity index (χ3v) is 2.23. The fraction of sp³-hybridized carbons (Fsp3) is 0.250. The molecule has 0 fully saturated rings. The van der Waals surface area contributed by atoms with E-state index in [0.29, 0.717) is 11.7 Å². The molecule has 0 N–H and O–H groups in total. The Morgan fingerprint density at radius 1 is 1.28 bits per heavy atom. The minimum Gasteiger partial charge on any atom is -0.485 e. The predicted octanol–water partition coefficient (Wildman–Crippen LogP) is 3.58. The summed E-state index contributed by atoms with van der Waals surface area (Å²) in [6.07, 6.45) is -3.01. The van der Waals surface area contributed by atoms with E-state index < -0.39 is 11.7 Å². The SMILES string of the molecule is Cc1ncc(COc2ccccc2C(F)(F)F)o1. The van der Waals surface area contributed by atoms with Crippen molar-refractivity contribution in [2.24, 2.45) is 0 Å². The molecule has 0 amide bonds. The molecule has 6 heteroatoms. The van der Waals surface area contributed by atoms with Gasteiger partial charge >= 0.3 is 6.18 Å². The van der Waals surface area contributed by atoms with E-state index >= 15 is 0 Å². The molecule has 0 bridgehead atoms. The quantitative estimate of drug-likeness (QED) is 0.843. The second kappa shape index (κ2) is 4.72. The largest absolute Gasteiger partial charge is 0.485 e. The van der Waals surface area contributed by atoms with Crippen molar-refractivity contribution < 1.29 is 22.3 Å². The molecule has 2 rings (SSSR count). The first-order valence-corrected chi connectivity index (χ1v) is 5.17. The molecule has 0 aliphatic heterocycles. The molecule has 0 aliphatic carbocycles. The fourth-order valence-corrected chi connectivity index (χ4v) is 1.45. The summed E-state index contributed by atoms with van der Waals surface area (Å²) < 4.78 is 48.2. The van der Waals surface area contributed by atoms with Gasteiger partial charge in [0.15, 0.2) is 11.7 Å². The van der Waals surface area contributed by atoms with Crippen molar-refractivity contribution in [2.45, 2.75) is 19.7 Å². The Balaban J connectivity index is 2.14. The van der Waals surface area contributed by atoms with E-state index in [0.717, 1.165) is 6.07 Å². The Morgan fingerprint density at radius 3 is 2.61 bits per heavy atom. The third kappa shape index (κ3) is 2.82. The van der Waals surface area contributed by atoms with Gasteiger partial charge in [0.2, 0.25) is 0 Å². The number of halogens is 3. The average molecular weight is 257 g/mol. The fourth-order valence-electron chi connectivity index (χ4n) is 1.45. The average Bonchev–Trinajstić information content (AvgIpc) is 2.72. The van der Waals surface area contributed by atoms with Gasteiger partial charge in [0, 0.05) is 6.92 Å². The van der Waals surface area contributed by atoms with Crippen molar-refractivity contribution in [3.63, 3.8) is 0 Å². The summed E-state index contributed by atoms with van der Waals surface area (Å²) in [7, 11) is 0. The number of hydrogen-bond acceptors (Lipinski definition) is 3. The van der Waals surface area contributed by atoms with Crippen LogP contribution >= 0.6 is 0 Å². The summed E-state index contributed by atoms with van der Waals surface area (Å²) in [4.78, 5) is 3.83. The van der Waals surface area contributed by atoms with Crippen molar-refractivity contribution in [1.82, 2.24) is 4.98 Å². The predicted molar refractivity (Wildman–Crippen MR) is 57.0 cm³/mol. The van der Waals surface area contributed by atoms with Crippen LogP contribution in [0.1, 0.15) is 17.2 Å². The summed E-state index contributed by atoms with van der Waals surface area (Å²) in [5.74, 6) is 0.598. The Bertz CT molecular complexity index is 534. The lowest BCUT2D eigenvalue weighted by Crippen LogP contribution is -2.08. The highest BCUT2D eigenvalue weighted by molar-refractivity contribution is 5.35. The number of rotatable bonds is 3. The summed E-state index contributed by atoms with van der Waals surface area (Å²) in [6, 6.07) is 5.04. The van der Waals surface area contributed by atoms with Gasteiger partial charge in [-0.3, -0.25) is 0 Å². The Labute approximate surface area is 101 Å². The number of alkyl halides is 3. The highest BCUT2D eigenvalue weighted by Crippen LogP contribution is 2.36. The molecule has 2 aromatic rings. The van der Waals surface area contributed by atoms with Crippen LogP contribution in [0.3, 0.4) is 0 Å². The topological polar surface area (TPSA) is 35.3 Å². The molecule has 1 heterocycles. The molecule has 0 atom stereocenters. The highest BCUT2D eigenvalue weighted by Gasteiger charge is 2.34. The number of para-hydroxylation sites is 1. The second-order valence-electron chi connectivity index (χ2n) is 3.63. The molecular weight excluding hydrogens is 247 g/mol. The molecule has 3 nitrogen and oxygen atoms in total. The summed E-state index contributed by atoms with van der Waals surface area (Å²) in [5, 5.41) is 0. The number of ether oxygens (including phenoxy) is 1. The monoisotopic (exact) mass is 257 g/mol. The summed E-state index contributed by atoms with van der Waals surface area (Å²) in [6.45, 7) is 1.56. The summed E-state index contributed by atoms with van der Waals surface area (Å²) >= 11 is 0. The van der Waals surface area contributed by atoms with Gasteiger partial charge < -0.3 is 9.15 Å². The van der Waals surface area contributed by atoms with Crippen LogP contribution in [-0.2, 0) is 12.8 Å². The molecule has 0 radical (unpaired) electrons. The van der Waals surface area contributed by atoms with E-state index in [1.165, 1.54) is 24.4 Å². The number of aryl methyl sites for hydroxylation is 1. The molecule has 96 valence electrons. The van der Waals surface area contributed by atoms with E-state index in [4.69, 9.17) is 9.15 Å². The van der Waals surface area contributed by atoms with Crippen LogP contribution in [-0.4, -0.2) is 4.98 Å². The van der Waals surface area contributed by atoms with Gasteiger partial charge in [-0.05, 0) is 12.1 Å². The zero-order valence-electron chi connectivity index (χ0n) is 9.49. The van der Waals surface area contributed by atoms with E-state index in [-0.39, 0.29) is 12.4 Å². The van der Waals surface area contributed by atoms with Crippen LogP contribution in [0, 0.1) is 6.92 Å². The first-order chi connectivity index (χ1) is 8.47. The van der Waals surface area contributed by atoms with Gasteiger partial charge in [-0.1, -0.05) is 12.1 Å². The molecule has 1 aromatic heterocycles. The van der Waals surface area contributed by atoms with Gasteiger partial charge in [-0.25, -0.2) is 4.98 Å². The zero-order chi connectivity index (χ0) is 13.2. The normalized spacial score (nSPS) is 11.6. The minimum atomic E-state index is -4.44. The van der Waals surface area contributed by atoms with Crippen molar-refractivity contribution in [3.8, 4) is 5.75 Å². The van der Waals surface area contributed by atoms with Crippen molar-refractivity contribution in [3.05, 3.63) is 47.7 Å². The molecule has 0 spiro atoms. The maximum atomic E-state index is 12.7. The number of hydrogen-bond donors (Lipinski definition) is 0. The molecule has 0 unspecified atom stereocenters. The standard InChI is InChI=1S/C12H10F3NO2/c1-8-16-6-9(18-8)7-17-11-5-3-2-4-10(11)12(13,14)15/h2-6H,7H2,1H3. The number of nitrogens with zero attached hydrogens (tertiary/aromatic N) is 1. The molecule has 0 aliphatic rings. The van der Waals surface area contributed by atoms with Crippen LogP contribution < -0.4 is 4.74 Å². The maximum absolute atomic E-state index is 12.7. The van der Waals surface area contributed by atoms with Gasteiger partial charge in [0.05, 0.1) is 11.8 Å². The highest BCUT2D eigenvalue weighted by atomic mass is 19.4.